The predicted molar refractivity (Wildman–Crippen MR) is 262 cm³/mol. The van der Waals surface area contributed by atoms with Crippen LogP contribution in [-0.2, 0) is 57.8 Å². The van der Waals surface area contributed by atoms with E-state index in [9.17, 15) is 0 Å². The van der Waals surface area contributed by atoms with E-state index in [1.165, 1.54) is 66.8 Å². The van der Waals surface area contributed by atoms with Gasteiger partial charge in [-0.15, -0.1) is 24.8 Å². The van der Waals surface area contributed by atoms with Crippen molar-refractivity contribution in [3.05, 3.63) is 199 Å². The third-order valence-corrected chi connectivity index (χ3v) is 20.9. The molecular weight excluding hydrogens is 847 g/mol. The van der Waals surface area contributed by atoms with Gasteiger partial charge in [0.05, 0.1) is 0 Å². The van der Waals surface area contributed by atoms with Crippen molar-refractivity contribution in [1.82, 2.24) is 0 Å². The molecule has 0 bridgehead atoms. The van der Waals surface area contributed by atoms with Gasteiger partial charge >= 0.3 is 359 Å². The summed E-state index contributed by atoms with van der Waals surface area (Å²) >= 11 is -2.83. The second-order valence-corrected chi connectivity index (χ2v) is 25.4. The topological polar surface area (TPSA) is 0 Å². The maximum absolute atomic E-state index is 2.83. The van der Waals surface area contributed by atoms with Crippen LogP contribution < -0.4 is 0 Å². The average Bonchev–Trinajstić information content (AvgIpc) is 3.87. The van der Waals surface area contributed by atoms with Gasteiger partial charge in [0.25, 0.3) is 0 Å². The molecule has 3 heteroatoms. The van der Waals surface area contributed by atoms with Crippen LogP contribution in [-0.4, -0.2) is 3.21 Å². The van der Waals surface area contributed by atoms with Crippen LogP contribution in [0.1, 0.15) is 110 Å². The Hall–Kier alpha value is -3.87. The molecule has 0 saturated carbocycles. The molecule has 0 nitrogen and oxygen atoms in total. The molecule has 0 atom stereocenters. The van der Waals surface area contributed by atoms with Gasteiger partial charge in [0.1, 0.15) is 0 Å². The van der Waals surface area contributed by atoms with Gasteiger partial charge in [0.2, 0.25) is 0 Å². The fraction of sp³-hybridized carbons (Fsp3) is 0.281. The van der Waals surface area contributed by atoms with Gasteiger partial charge in [-0.1, -0.05) is 0 Å². The molecule has 0 radical (unpaired) electrons. The minimum Gasteiger partial charge on any atom is -0.147 e. The van der Waals surface area contributed by atoms with Crippen LogP contribution in [0.25, 0.3) is 33.4 Å². The molecule has 2 aliphatic rings. The number of allylic oxidation sites excluding steroid dienone is 4. The monoisotopic (exact) mass is 906 g/mol. The molecule has 308 valence electrons. The van der Waals surface area contributed by atoms with Crippen LogP contribution in [0.15, 0.2) is 155 Å². The fourth-order valence-corrected chi connectivity index (χ4v) is 18.9. The minimum absolute atomic E-state index is 0. The molecule has 0 aliphatic heterocycles. The van der Waals surface area contributed by atoms with Gasteiger partial charge < -0.3 is 0 Å². The molecule has 0 amide bonds. The van der Waals surface area contributed by atoms with Gasteiger partial charge in [0, 0.05) is 0 Å². The van der Waals surface area contributed by atoms with Crippen LogP contribution in [0.4, 0.5) is 0 Å². The van der Waals surface area contributed by atoms with E-state index >= 15 is 0 Å². The Bertz CT molecular complexity index is 2400. The first-order chi connectivity index (χ1) is 28.0. The fourth-order valence-electron chi connectivity index (χ4n) is 9.73. The zero-order valence-electron chi connectivity index (χ0n) is 36.9. The molecule has 8 rings (SSSR count). The molecule has 0 spiro atoms. The molecule has 0 fully saturated rings. The number of halogens is 2. The maximum atomic E-state index is 2.71. The van der Waals surface area contributed by atoms with Crippen molar-refractivity contribution in [3.63, 3.8) is 0 Å². The first-order valence-corrected chi connectivity index (χ1v) is 25.5. The van der Waals surface area contributed by atoms with E-state index in [1.54, 1.807) is 17.6 Å². The summed E-state index contributed by atoms with van der Waals surface area (Å²) in [6.07, 6.45) is 12.5. The van der Waals surface area contributed by atoms with E-state index in [-0.39, 0.29) is 35.6 Å². The molecule has 60 heavy (non-hydrogen) atoms. The summed E-state index contributed by atoms with van der Waals surface area (Å²) in [7, 11) is 0. The van der Waals surface area contributed by atoms with Crippen molar-refractivity contribution in [2.45, 2.75) is 102 Å². The summed E-state index contributed by atoms with van der Waals surface area (Å²) in [5, 5.41) is 0. The minimum atomic E-state index is -2.83. The molecule has 0 N–H and O–H groups in total. The summed E-state index contributed by atoms with van der Waals surface area (Å²) in [6.45, 7) is 19.1. The Kier molecular flexibility index (Phi) is 14.5. The SMILES string of the molecule is CCc1ccccc1-c1cc2c(cc1C(C)(C)C)-c1cc(C(C)(C)C)c(-c3ccccc3CC)cc1[CH]2[Zr]([C]1=CC=CC1)=[C](Cc1ccccc1)Cc1ccccc1.Cl.Cl. The zero-order valence-corrected chi connectivity index (χ0v) is 41.0. The summed E-state index contributed by atoms with van der Waals surface area (Å²) in [5.41, 5.74) is 20.2. The quantitative estimate of drug-likeness (QED) is 0.128. The van der Waals surface area contributed by atoms with E-state index in [0.717, 1.165) is 32.1 Å². The molecule has 0 unspecified atom stereocenters. The Morgan fingerprint density at radius 1 is 0.517 bits per heavy atom. The van der Waals surface area contributed by atoms with Crippen molar-refractivity contribution >= 4 is 28.0 Å². The van der Waals surface area contributed by atoms with Crippen LogP contribution >= 0.6 is 24.8 Å². The Morgan fingerprint density at radius 3 is 1.32 bits per heavy atom. The first kappa shape index (κ1) is 45.7. The first-order valence-electron chi connectivity index (χ1n) is 21.7. The van der Waals surface area contributed by atoms with Gasteiger partial charge in [-0.2, -0.15) is 0 Å². The van der Waals surface area contributed by atoms with Crippen molar-refractivity contribution in [2.24, 2.45) is 0 Å². The third kappa shape index (κ3) is 9.16. The van der Waals surface area contributed by atoms with Crippen LogP contribution in [0.3, 0.4) is 0 Å². The molecule has 0 saturated heterocycles. The molecule has 6 aromatic carbocycles. The molecular formula is C57H62Cl2Zr. The Balaban J connectivity index is 0.00000302. The van der Waals surface area contributed by atoms with Crippen molar-refractivity contribution in [3.8, 4) is 33.4 Å². The van der Waals surface area contributed by atoms with Crippen molar-refractivity contribution in [2.75, 3.05) is 0 Å². The largest absolute Gasteiger partial charge is 0.147 e. The summed E-state index contributed by atoms with van der Waals surface area (Å²) in [5.74, 6) is 0. The number of hydrogen-bond acceptors (Lipinski definition) is 0. The van der Waals surface area contributed by atoms with E-state index in [2.05, 4.69) is 207 Å². The smallest absolute Gasteiger partial charge is 0.147 e. The van der Waals surface area contributed by atoms with E-state index in [4.69, 9.17) is 0 Å². The third-order valence-electron chi connectivity index (χ3n) is 12.6. The van der Waals surface area contributed by atoms with Gasteiger partial charge in [-0.25, -0.2) is 0 Å². The second kappa shape index (κ2) is 19.0. The van der Waals surface area contributed by atoms with Crippen molar-refractivity contribution < 1.29 is 21.3 Å². The summed E-state index contributed by atoms with van der Waals surface area (Å²) in [4.78, 5) is 0. The van der Waals surface area contributed by atoms with E-state index in [0.29, 0.717) is 3.63 Å². The maximum Gasteiger partial charge on any atom is -0.147 e. The number of aryl methyl sites for hydroxylation is 2. The van der Waals surface area contributed by atoms with E-state index < -0.39 is 21.3 Å². The summed E-state index contributed by atoms with van der Waals surface area (Å²) < 4.78 is 3.85. The van der Waals surface area contributed by atoms with Crippen molar-refractivity contribution in [1.29, 1.82) is 0 Å². The number of hydrogen-bond donors (Lipinski definition) is 0. The summed E-state index contributed by atoms with van der Waals surface area (Å²) in [6, 6.07) is 51.8. The second-order valence-electron chi connectivity index (χ2n) is 18.6. The number of fused-ring (bicyclic) bond motifs is 3. The molecule has 6 aromatic rings. The number of rotatable bonds is 10. The predicted octanol–water partition coefficient (Wildman–Crippen LogP) is 15.8. The van der Waals surface area contributed by atoms with Crippen LogP contribution in [0, 0.1) is 0 Å². The van der Waals surface area contributed by atoms with Gasteiger partial charge in [-0.05, 0) is 0 Å². The normalized spacial score (nSPS) is 13.2. The molecule has 2 aliphatic carbocycles. The van der Waals surface area contributed by atoms with Gasteiger partial charge in [0.15, 0.2) is 0 Å². The van der Waals surface area contributed by atoms with Crippen LogP contribution in [0.2, 0.25) is 0 Å². The zero-order chi connectivity index (χ0) is 40.6. The Morgan fingerprint density at radius 2 is 0.933 bits per heavy atom. The Labute approximate surface area is 381 Å². The molecule has 0 aromatic heterocycles. The standard InChI is InChI=1S/C37H41.C15H14.C5H5.2ClH.Zr/c1-9-24-15-11-13-17-28(24)32-20-26-19-27-21-33(29-18-14-12-16-25(29)10-2)35(37(6,7)8)23-31(27)30(26)22-34(32)36(3,4)5;1-3-8-14(9-4-1)12-7-13-15-10-5-2-6-11-15;1-2-4-5-3-1;;;/h11-23H,9-10H2,1-8H3;1-6,8-11H,12-13H2;1-3H,4H2;2*1H;. The van der Waals surface area contributed by atoms with E-state index in [1.807, 2.05) is 0 Å². The number of benzene rings is 6. The molecule has 0 heterocycles. The van der Waals surface area contributed by atoms with Gasteiger partial charge in [-0.3, -0.25) is 0 Å². The van der Waals surface area contributed by atoms with Crippen LogP contribution in [0.5, 0.6) is 0 Å². The average molecular weight is 909 g/mol.